The number of aryl methyl sites for hydroxylation is 1. The molecule has 1 aliphatic carbocycles. The summed E-state index contributed by atoms with van der Waals surface area (Å²) in [4.78, 5) is 14.4. The third-order valence-corrected chi connectivity index (χ3v) is 3.83. The molecule has 1 saturated carbocycles. The van der Waals surface area contributed by atoms with Crippen molar-refractivity contribution in [3.63, 3.8) is 0 Å². The maximum absolute atomic E-state index is 12.1. The second-order valence-corrected chi connectivity index (χ2v) is 6.09. The summed E-state index contributed by atoms with van der Waals surface area (Å²) in [6, 6.07) is 6.03. The third-order valence-electron chi connectivity index (χ3n) is 3.83. The van der Waals surface area contributed by atoms with Crippen molar-refractivity contribution in [2.75, 3.05) is 24.1 Å². The number of hydrogen-bond acceptors (Lipinski definition) is 3. The molecule has 1 aromatic rings. The first-order valence-corrected chi connectivity index (χ1v) is 7.35. The predicted octanol–water partition coefficient (Wildman–Crippen LogP) is 2.64. The molecule has 1 fully saturated rings. The summed E-state index contributed by atoms with van der Waals surface area (Å²) in [5, 5.41) is 2.93. The number of nitrogen functional groups attached to an aromatic ring is 1. The second kappa shape index (κ2) is 6.27. The quantitative estimate of drug-likeness (QED) is 0.785. The minimum atomic E-state index is 0.0302. The van der Waals surface area contributed by atoms with Crippen LogP contribution in [0.2, 0.25) is 0 Å². The summed E-state index contributed by atoms with van der Waals surface area (Å²) in [7, 11) is 0. The SMILES string of the molecule is Cc1ccc(NC(=O)CN(CC2CC2)C(C)C)cc1N. The molecule has 110 valence electrons. The Bertz CT molecular complexity index is 481. The molecule has 1 aliphatic rings. The molecule has 0 spiro atoms. The zero-order valence-electron chi connectivity index (χ0n) is 12.6. The fourth-order valence-corrected chi connectivity index (χ4v) is 2.19. The van der Waals surface area contributed by atoms with Gasteiger partial charge in [0.15, 0.2) is 0 Å². The maximum Gasteiger partial charge on any atom is 0.238 e. The molecule has 0 unspecified atom stereocenters. The second-order valence-electron chi connectivity index (χ2n) is 6.09. The fraction of sp³-hybridized carbons (Fsp3) is 0.562. The molecule has 0 saturated heterocycles. The van der Waals surface area contributed by atoms with Crippen LogP contribution < -0.4 is 11.1 Å². The van der Waals surface area contributed by atoms with Gasteiger partial charge in [-0.25, -0.2) is 0 Å². The van der Waals surface area contributed by atoms with E-state index in [0.717, 1.165) is 23.7 Å². The van der Waals surface area contributed by atoms with Crippen LogP contribution in [0.4, 0.5) is 11.4 Å². The molecule has 0 bridgehead atoms. The topological polar surface area (TPSA) is 58.4 Å². The van der Waals surface area contributed by atoms with Crippen molar-refractivity contribution in [3.8, 4) is 0 Å². The van der Waals surface area contributed by atoms with Crippen LogP contribution in [0.3, 0.4) is 0 Å². The van der Waals surface area contributed by atoms with E-state index < -0.39 is 0 Å². The number of carbonyl (C=O) groups excluding carboxylic acids is 1. The van der Waals surface area contributed by atoms with E-state index in [9.17, 15) is 4.79 Å². The van der Waals surface area contributed by atoms with Crippen LogP contribution >= 0.6 is 0 Å². The van der Waals surface area contributed by atoms with E-state index in [4.69, 9.17) is 5.73 Å². The number of benzene rings is 1. The molecule has 0 atom stereocenters. The largest absolute Gasteiger partial charge is 0.398 e. The van der Waals surface area contributed by atoms with E-state index in [0.29, 0.717) is 18.3 Å². The van der Waals surface area contributed by atoms with Gasteiger partial charge in [0.25, 0.3) is 0 Å². The van der Waals surface area contributed by atoms with Crippen LogP contribution in [-0.4, -0.2) is 29.9 Å². The van der Waals surface area contributed by atoms with Gasteiger partial charge in [0.05, 0.1) is 6.54 Å². The first-order chi connectivity index (χ1) is 9.45. The molecule has 0 radical (unpaired) electrons. The molecular weight excluding hydrogens is 250 g/mol. The zero-order valence-corrected chi connectivity index (χ0v) is 12.6. The number of carbonyl (C=O) groups is 1. The Kier molecular flexibility index (Phi) is 4.65. The third kappa shape index (κ3) is 4.23. The highest BCUT2D eigenvalue weighted by Crippen LogP contribution is 2.30. The van der Waals surface area contributed by atoms with Crippen LogP contribution in [0.25, 0.3) is 0 Å². The first-order valence-electron chi connectivity index (χ1n) is 7.35. The van der Waals surface area contributed by atoms with Gasteiger partial charge in [0.2, 0.25) is 5.91 Å². The summed E-state index contributed by atoms with van der Waals surface area (Å²) < 4.78 is 0. The molecule has 4 heteroatoms. The number of anilines is 2. The lowest BCUT2D eigenvalue weighted by Gasteiger charge is -2.25. The molecule has 0 aliphatic heterocycles. The highest BCUT2D eigenvalue weighted by molar-refractivity contribution is 5.92. The number of rotatable bonds is 6. The number of nitrogens with zero attached hydrogens (tertiary/aromatic N) is 1. The van der Waals surface area contributed by atoms with Crippen molar-refractivity contribution in [1.29, 1.82) is 0 Å². The normalized spacial score (nSPS) is 14.8. The number of hydrogen-bond donors (Lipinski definition) is 2. The highest BCUT2D eigenvalue weighted by atomic mass is 16.2. The van der Waals surface area contributed by atoms with Crippen molar-refractivity contribution in [1.82, 2.24) is 4.90 Å². The fourth-order valence-electron chi connectivity index (χ4n) is 2.19. The zero-order chi connectivity index (χ0) is 14.7. The molecule has 1 aromatic carbocycles. The van der Waals surface area contributed by atoms with E-state index >= 15 is 0 Å². The van der Waals surface area contributed by atoms with Crippen molar-refractivity contribution < 1.29 is 4.79 Å². The van der Waals surface area contributed by atoms with Crippen molar-refractivity contribution in [3.05, 3.63) is 23.8 Å². The molecular formula is C16H25N3O. The lowest BCUT2D eigenvalue weighted by atomic mass is 10.2. The van der Waals surface area contributed by atoms with Gasteiger partial charge in [-0.05, 0) is 57.2 Å². The maximum atomic E-state index is 12.1. The Morgan fingerprint density at radius 3 is 2.70 bits per heavy atom. The van der Waals surface area contributed by atoms with Gasteiger partial charge in [-0.15, -0.1) is 0 Å². The van der Waals surface area contributed by atoms with Gasteiger partial charge in [0.1, 0.15) is 0 Å². The summed E-state index contributed by atoms with van der Waals surface area (Å²) >= 11 is 0. The average Bonchev–Trinajstić information content (AvgIpc) is 3.17. The Morgan fingerprint density at radius 1 is 1.45 bits per heavy atom. The molecule has 3 N–H and O–H groups in total. The highest BCUT2D eigenvalue weighted by Gasteiger charge is 2.26. The van der Waals surface area contributed by atoms with Gasteiger partial charge >= 0.3 is 0 Å². The van der Waals surface area contributed by atoms with E-state index in [-0.39, 0.29) is 5.91 Å². The molecule has 0 aromatic heterocycles. The number of nitrogens with one attached hydrogen (secondary N) is 1. The molecule has 20 heavy (non-hydrogen) atoms. The smallest absolute Gasteiger partial charge is 0.238 e. The average molecular weight is 275 g/mol. The van der Waals surface area contributed by atoms with Crippen LogP contribution in [0, 0.1) is 12.8 Å². The Hall–Kier alpha value is -1.55. The monoisotopic (exact) mass is 275 g/mol. The van der Waals surface area contributed by atoms with Crippen LogP contribution in [0.5, 0.6) is 0 Å². The Balaban J connectivity index is 1.90. The van der Waals surface area contributed by atoms with E-state index in [1.54, 1.807) is 0 Å². The molecule has 4 nitrogen and oxygen atoms in total. The minimum absolute atomic E-state index is 0.0302. The summed E-state index contributed by atoms with van der Waals surface area (Å²) in [5.74, 6) is 0.822. The van der Waals surface area contributed by atoms with E-state index in [1.807, 2.05) is 25.1 Å². The molecule has 2 rings (SSSR count). The minimum Gasteiger partial charge on any atom is -0.398 e. The van der Waals surface area contributed by atoms with Gasteiger partial charge in [-0.3, -0.25) is 9.69 Å². The Morgan fingerprint density at radius 2 is 2.15 bits per heavy atom. The summed E-state index contributed by atoms with van der Waals surface area (Å²) in [5.41, 5.74) is 8.37. The van der Waals surface area contributed by atoms with E-state index in [1.165, 1.54) is 12.8 Å². The van der Waals surface area contributed by atoms with E-state index in [2.05, 4.69) is 24.1 Å². The van der Waals surface area contributed by atoms with Gasteiger partial charge in [0, 0.05) is 24.0 Å². The van der Waals surface area contributed by atoms with Crippen LogP contribution in [-0.2, 0) is 4.79 Å². The Labute approximate surface area is 121 Å². The lowest BCUT2D eigenvalue weighted by Crippen LogP contribution is -2.39. The molecule has 0 heterocycles. The van der Waals surface area contributed by atoms with Crippen molar-refractivity contribution in [2.24, 2.45) is 5.92 Å². The van der Waals surface area contributed by atoms with Crippen molar-refractivity contribution in [2.45, 2.75) is 39.7 Å². The van der Waals surface area contributed by atoms with Crippen LogP contribution in [0.15, 0.2) is 18.2 Å². The number of nitrogens with two attached hydrogens (primary N) is 1. The summed E-state index contributed by atoms with van der Waals surface area (Å²) in [6.07, 6.45) is 2.61. The van der Waals surface area contributed by atoms with Crippen molar-refractivity contribution >= 4 is 17.3 Å². The number of amides is 1. The molecule has 1 amide bonds. The first kappa shape index (κ1) is 14.9. The predicted molar refractivity (Wildman–Crippen MR) is 83.7 cm³/mol. The van der Waals surface area contributed by atoms with Gasteiger partial charge in [-0.2, -0.15) is 0 Å². The van der Waals surface area contributed by atoms with Gasteiger partial charge in [-0.1, -0.05) is 6.07 Å². The lowest BCUT2D eigenvalue weighted by molar-refractivity contribution is -0.117. The summed E-state index contributed by atoms with van der Waals surface area (Å²) in [6.45, 7) is 7.71. The standard InChI is InChI=1S/C16H25N3O/c1-11(2)19(9-13-5-6-13)10-16(20)18-14-7-4-12(3)15(17)8-14/h4,7-8,11,13H,5-6,9-10,17H2,1-3H3,(H,18,20). The van der Waals surface area contributed by atoms with Gasteiger partial charge < -0.3 is 11.1 Å². The van der Waals surface area contributed by atoms with Crippen LogP contribution in [0.1, 0.15) is 32.3 Å².